The SMILES string of the molecule is CC1(C(N)c2cc(F)ccc2Cl)CCCS1. The summed E-state index contributed by atoms with van der Waals surface area (Å²) in [6.07, 6.45) is 2.23. The van der Waals surface area contributed by atoms with Gasteiger partial charge in [0.25, 0.3) is 0 Å². The average Bonchev–Trinajstić information content (AvgIpc) is 2.69. The molecule has 16 heavy (non-hydrogen) atoms. The molecule has 1 aliphatic rings. The standard InChI is InChI=1S/C12H15ClFNS/c1-12(5-2-6-16-12)11(15)9-7-8(14)3-4-10(9)13/h3-4,7,11H,2,5-6,15H2,1H3. The van der Waals surface area contributed by atoms with E-state index in [4.69, 9.17) is 17.3 Å². The zero-order chi connectivity index (χ0) is 11.8. The van der Waals surface area contributed by atoms with E-state index in [2.05, 4.69) is 6.92 Å². The first-order valence-electron chi connectivity index (χ1n) is 5.37. The van der Waals surface area contributed by atoms with Crippen LogP contribution in [0.5, 0.6) is 0 Å². The molecular weight excluding hydrogens is 245 g/mol. The molecule has 2 N–H and O–H groups in total. The van der Waals surface area contributed by atoms with Crippen LogP contribution in [0.2, 0.25) is 5.02 Å². The fourth-order valence-corrected chi connectivity index (χ4v) is 3.71. The summed E-state index contributed by atoms with van der Waals surface area (Å²) < 4.78 is 13.2. The molecular formula is C12H15ClFNS. The zero-order valence-electron chi connectivity index (χ0n) is 9.17. The maximum atomic E-state index is 13.2. The van der Waals surface area contributed by atoms with Crippen molar-refractivity contribution in [2.24, 2.45) is 5.73 Å². The van der Waals surface area contributed by atoms with E-state index in [1.165, 1.54) is 18.6 Å². The molecule has 88 valence electrons. The Morgan fingerprint density at radius 3 is 2.94 bits per heavy atom. The molecule has 2 atom stereocenters. The average molecular weight is 260 g/mol. The predicted molar refractivity (Wildman–Crippen MR) is 68.4 cm³/mol. The van der Waals surface area contributed by atoms with Gasteiger partial charge in [-0.05, 0) is 49.3 Å². The van der Waals surface area contributed by atoms with Gasteiger partial charge >= 0.3 is 0 Å². The minimum absolute atomic E-state index is 0.0164. The van der Waals surface area contributed by atoms with E-state index in [0.717, 1.165) is 17.7 Å². The minimum Gasteiger partial charge on any atom is -0.323 e. The smallest absolute Gasteiger partial charge is 0.123 e. The first kappa shape index (κ1) is 12.2. The first-order valence-corrected chi connectivity index (χ1v) is 6.74. The van der Waals surface area contributed by atoms with Crippen LogP contribution in [0.15, 0.2) is 18.2 Å². The lowest BCUT2D eigenvalue weighted by Gasteiger charge is -2.31. The molecule has 1 aromatic rings. The van der Waals surface area contributed by atoms with Crippen molar-refractivity contribution in [1.29, 1.82) is 0 Å². The quantitative estimate of drug-likeness (QED) is 0.875. The Bertz CT molecular complexity index is 391. The Kier molecular flexibility index (Phi) is 3.48. The summed E-state index contributed by atoms with van der Waals surface area (Å²) in [6, 6.07) is 4.19. The fourth-order valence-electron chi connectivity index (χ4n) is 2.13. The van der Waals surface area contributed by atoms with Gasteiger partial charge in [0, 0.05) is 15.8 Å². The molecule has 1 nitrogen and oxygen atoms in total. The van der Waals surface area contributed by atoms with Crippen LogP contribution in [-0.4, -0.2) is 10.5 Å². The van der Waals surface area contributed by atoms with Gasteiger partial charge in [-0.25, -0.2) is 4.39 Å². The molecule has 0 saturated carbocycles. The normalized spacial score (nSPS) is 27.0. The third-order valence-corrected chi connectivity index (χ3v) is 5.15. The molecule has 1 aromatic carbocycles. The number of thioether (sulfide) groups is 1. The van der Waals surface area contributed by atoms with Gasteiger partial charge in [-0.2, -0.15) is 11.8 Å². The molecule has 1 saturated heterocycles. The van der Waals surface area contributed by atoms with Crippen LogP contribution in [-0.2, 0) is 0 Å². The predicted octanol–water partition coefficient (Wildman–Crippen LogP) is 3.76. The van der Waals surface area contributed by atoms with Crippen LogP contribution in [0, 0.1) is 5.82 Å². The molecule has 1 aliphatic heterocycles. The Morgan fingerprint density at radius 2 is 2.31 bits per heavy atom. The minimum atomic E-state index is -0.276. The van der Waals surface area contributed by atoms with E-state index < -0.39 is 0 Å². The molecule has 2 unspecified atom stereocenters. The highest BCUT2D eigenvalue weighted by Gasteiger charge is 2.37. The molecule has 1 heterocycles. The molecule has 0 radical (unpaired) electrons. The number of rotatable bonds is 2. The van der Waals surface area contributed by atoms with E-state index >= 15 is 0 Å². The topological polar surface area (TPSA) is 26.0 Å². The highest BCUT2D eigenvalue weighted by Crippen LogP contribution is 2.46. The summed E-state index contributed by atoms with van der Waals surface area (Å²) in [5, 5.41) is 0.558. The Morgan fingerprint density at radius 1 is 1.56 bits per heavy atom. The molecule has 4 heteroatoms. The Balaban J connectivity index is 2.32. The lowest BCUT2D eigenvalue weighted by Crippen LogP contribution is -2.33. The summed E-state index contributed by atoms with van der Waals surface area (Å²) in [5.41, 5.74) is 6.95. The lowest BCUT2D eigenvalue weighted by atomic mass is 9.91. The van der Waals surface area contributed by atoms with Crippen LogP contribution >= 0.6 is 23.4 Å². The third-order valence-electron chi connectivity index (χ3n) is 3.20. The third kappa shape index (κ3) is 2.22. The van der Waals surface area contributed by atoms with Crippen molar-refractivity contribution in [3.8, 4) is 0 Å². The van der Waals surface area contributed by atoms with Crippen molar-refractivity contribution >= 4 is 23.4 Å². The molecule has 0 amide bonds. The summed E-state index contributed by atoms with van der Waals surface area (Å²) >= 11 is 7.93. The second-order valence-electron chi connectivity index (χ2n) is 4.41. The fraction of sp³-hybridized carbons (Fsp3) is 0.500. The van der Waals surface area contributed by atoms with Gasteiger partial charge in [-0.3, -0.25) is 0 Å². The van der Waals surface area contributed by atoms with Crippen LogP contribution in [0.4, 0.5) is 4.39 Å². The maximum absolute atomic E-state index is 13.2. The van der Waals surface area contributed by atoms with Crippen molar-refractivity contribution in [3.05, 3.63) is 34.6 Å². The summed E-state index contributed by atoms with van der Waals surface area (Å²) in [6.45, 7) is 2.14. The largest absolute Gasteiger partial charge is 0.323 e. The molecule has 1 fully saturated rings. The monoisotopic (exact) mass is 259 g/mol. The van der Waals surface area contributed by atoms with E-state index in [-0.39, 0.29) is 16.6 Å². The molecule has 0 aliphatic carbocycles. The van der Waals surface area contributed by atoms with Gasteiger partial charge in [0.2, 0.25) is 0 Å². The highest BCUT2D eigenvalue weighted by molar-refractivity contribution is 8.00. The van der Waals surface area contributed by atoms with Crippen molar-refractivity contribution in [3.63, 3.8) is 0 Å². The number of benzene rings is 1. The molecule has 0 spiro atoms. The molecule has 0 bridgehead atoms. The van der Waals surface area contributed by atoms with Gasteiger partial charge in [0.1, 0.15) is 5.82 Å². The van der Waals surface area contributed by atoms with Crippen LogP contribution in [0.25, 0.3) is 0 Å². The van der Waals surface area contributed by atoms with Crippen molar-refractivity contribution in [2.45, 2.75) is 30.6 Å². The molecule has 0 aromatic heterocycles. The van der Waals surface area contributed by atoms with E-state index in [9.17, 15) is 4.39 Å². The van der Waals surface area contributed by atoms with Gasteiger partial charge in [0.05, 0.1) is 0 Å². The zero-order valence-corrected chi connectivity index (χ0v) is 10.7. The molecule has 2 rings (SSSR count). The first-order chi connectivity index (χ1) is 7.53. The maximum Gasteiger partial charge on any atom is 0.123 e. The second-order valence-corrected chi connectivity index (χ2v) is 6.44. The number of hydrogen-bond donors (Lipinski definition) is 1. The highest BCUT2D eigenvalue weighted by atomic mass is 35.5. The summed E-state index contributed by atoms with van der Waals surface area (Å²) in [4.78, 5) is 0. The van der Waals surface area contributed by atoms with Crippen molar-refractivity contribution in [1.82, 2.24) is 0 Å². The number of nitrogens with two attached hydrogens (primary N) is 1. The Labute approximate surface area is 105 Å². The van der Waals surface area contributed by atoms with Gasteiger partial charge in [-0.1, -0.05) is 11.6 Å². The van der Waals surface area contributed by atoms with Crippen LogP contribution in [0.3, 0.4) is 0 Å². The summed E-state index contributed by atoms with van der Waals surface area (Å²) in [5.74, 6) is 0.846. The number of hydrogen-bond acceptors (Lipinski definition) is 2. The van der Waals surface area contributed by atoms with Gasteiger partial charge < -0.3 is 5.73 Å². The van der Waals surface area contributed by atoms with E-state index in [1.54, 1.807) is 6.07 Å². The van der Waals surface area contributed by atoms with Crippen molar-refractivity contribution in [2.75, 3.05) is 5.75 Å². The van der Waals surface area contributed by atoms with E-state index in [1.807, 2.05) is 11.8 Å². The van der Waals surface area contributed by atoms with Crippen LogP contribution in [0.1, 0.15) is 31.4 Å². The lowest BCUT2D eigenvalue weighted by molar-refractivity contribution is 0.499. The van der Waals surface area contributed by atoms with Gasteiger partial charge in [0.15, 0.2) is 0 Å². The van der Waals surface area contributed by atoms with Crippen molar-refractivity contribution < 1.29 is 4.39 Å². The van der Waals surface area contributed by atoms with Gasteiger partial charge in [-0.15, -0.1) is 0 Å². The van der Waals surface area contributed by atoms with E-state index in [0.29, 0.717) is 5.02 Å². The summed E-state index contributed by atoms with van der Waals surface area (Å²) in [7, 11) is 0. The second kappa shape index (κ2) is 4.55. The number of halogens is 2. The Hall–Kier alpha value is -0.250. The van der Waals surface area contributed by atoms with Crippen LogP contribution < -0.4 is 5.73 Å².